The number of fused-ring (bicyclic) bond motifs is 1. The van der Waals surface area contributed by atoms with E-state index in [9.17, 15) is 4.79 Å². The maximum absolute atomic E-state index is 11.2. The zero-order valence-corrected chi connectivity index (χ0v) is 12.8. The number of ether oxygens (including phenoxy) is 1. The van der Waals surface area contributed by atoms with Gasteiger partial charge in [-0.15, -0.1) is 11.3 Å². The number of hydrogen-bond donors (Lipinski definition) is 0. The molecular formula is C15H22N2O2S. The normalized spacial score (nSPS) is 25.6. The van der Waals surface area contributed by atoms with E-state index in [1.165, 1.54) is 44.1 Å². The molecule has 1 aliphatic heterocycles. The Bertz CT molecular complexity index is 474. The van der Waals surface area contributed by atoms with Crippen molar-refractivity contribution in [3.63, 3.8) is 0 Å². The number of rotatable bonds is 4. The summed E-state index contributed by atoms with van der Waals surface area (Å²) in [5.41, 5.74) is 0. The highest BCUT2D eigenvalue weighted by Crippen LogP contribution is 2.40. The number of aromatic nitrogens is 1. The van der Waals surface area contributed by atoms with Crippen LogP contribution in [0.25, 0.3) is 0 Å². The van der Waals surface area contributed by atoms with Crippen molar-refractivity contribution in [3.05, 3.63) is 11.1 Å². The van der Waals surface area contributed by atoms with Gasteiger partial charge in [-0.2, -0.15) is 0 Å². The largest absolute Gasteiger partial charge is 0.469 e. The van der Waals surface area contributed by atoms with E-state index in [-0.39, 0.29) is 5.97 Å². The lowest BCUT2D eigenvalue weighted by molar-refractivity contribution is -0.140. The SMILES string of the molecule is COC(=O)CCc1cnc(N2CCC3CCCCC32)s1. The van der Waals surface area contributed by atoms with Gasteiger partial charge in [0, 0.05) is 23.7 Å². The molecule has 1 aromatic heterocycles. The van der Waals surface area contributed by atoms with Crippen molar-refractivity contribution in [1.29, 1.82) is 0 Å². The molecule has 0 amide bonds. The van der Waals surface area contributed by atoms with Crippen LogP contribution in [0.3, 0.4) is 0 Å². The Morgan fingerprint density at radius 1 is 1.45 bits per heavy atom. The predicted octanol–water partition coefficient (Wildman–Crippen LogP) is 3.02. The van der Waals surface area contributed by atoms with Crippen LogP contribution in [-0.2, 0) is 16.0 Å². The van der Waals surface area contributed by atoms with E-state index in [1.54, 1.807) is 11.3 Å². The zero-order chi connectivity index (χ0) is 13.9. The molecule has 0 aromatic carbocycles. The number of carbonyl (C=O) groups is 1. The first-order chi connectivity index (χ1) is 9.78. The number of thiazole rings is 1. The Kier molecular flexibility index (Phi) is 4.24. The van der Waals surface area contributed by atoms with Gasteiger partial charge in [0.15, 0.2) is 5.13 Å². The first kappa shape index (κ1) is 13.9. The number of carbonyl (C=O) groups excluding carboxylic acids is 1. The van der Waals surface area contributed by atoms with Crippen molar-refractivity contribution >= 4 is 22.4 Å². The third-order valence-electron chi connectivity index (χ3n) is 4.60. The second-order valence-electron chi connectivity index (χ2n) is 5.78. The lowest BCUT2D eigenvalue weighted by Gasteiger charge is -2.31. The molecule has 2 unspecified atom stereocenters. The zero-order valence-electron chi connectivity index (χ0n) is 12.0. The van der Waals surface area contributed by atoms with E-state index >= 15 is 0 Å². The van der Waals surface area contributed by atoms with Crippen LogP contribution >= 0.6 is 11.3 Å². The first-order valence-corrected chi connectivity index (χ1v) is 8.37. The highest BCUT2D eigenvalue weighted by molar-refractivity contribution is 7.15. The van der Waals surface area contributed by atoms with Gasteiger partial charge in [-0.25, -0.2) is 4.98 Å². The number of methoxy groups -OCH3 is 1. The average molecular weight is 294 g/mol. The van der Waals surface area contributed by atoms with E-state index < -0.39 is 0 Å². The van der Waals surface area contributed by atoms with Crippen molar-refractivity contribution in [1.82, 2.24) is 4.98 Å². The molecule has 0 bridgehead atoms. The molecule has 1 saturated carbocycles. The van der Waals surface area contributed by atoms with Crippen molar-refractivity contribution in [2.45, 2.75) is 51.0 Å². The van der Waals surface area contributed by atoms with Gasteiger partial charge in [-0.1, -0.05) is 12.8 Å². The van der Waals surface area contributed by atoms with Gasteiger partial charge in [-0.3, -0.25) is 4.79 Å². The van der Waals surface area contributed by atoms with Crippen LogP contribution in [0.5, 0.6) is 0 Å². The minimum absolute atomic E-state index is 0.145. The summed E-state index contributed by atoms with van der Waals surface area (Å²) >= 11 is 1.75. The highest BCUT2D eigenvalue weighted by Gasteiger charge is 2.36. The summed E-state index contributed by atoms with van der Waals surface area (Å²) < 4.78 is 4.68. The topological polar surface area (TPSA) is 42.4 Å². The maximum Gasteiger partial charge on any atom is 0.305 e. The predicted molar refractivity (Wildman–Crippen MR) is 80.2 cm³/mol. The number of aryl methyl sites for hydroxylation is 1. The van der Waals surface area contributed by atoms with Crippen LogP contribution in [0, 0.1) is 5.92 Å². The van der Waals surface area contributed by atoms with Crippen molar-refractivity contribution in [2.24, 2.45) is 5.92 Å². The highest BCUT2D eigenvalue weighted by atomic mass is 32.1. The fourth-order valence-electron chi connectivity index (χ4n) is 3.52. The molecule has 110 valence electrons. The van der Waals surface area contributed by atoms with Gasteiger partial charge < -0.3 is 9.64 Å². The summed E-state index contributed by atoms with van der Waals surface area (Å²) in [6.07, 6.45) is 9.91. The Morgan fingerprint density at radius 2 is 2.30 bits per heavy atom. The monoisotopic (exact) mass is 294 g/mol. The molecule has 2 aliphatic rings. The summed E-state index contributed by atoms with van der Waals surface area (Å²) in [6.45, 7) is 1.15. The Morgan fingerprint density at radius 3 is 3.15 bits per heavy atom. The lowest BCUT2D eigenvalue weighted by atomic mass is 9.85. The summed E-state index contributed by atoms with van der Waals surface area (Å²) in [5, 5.41) is 1.15. The molecule has 20 heavy (non-hydrogen) atoms. The second kappa shape index (κ2) is 6.12. The smallest absolute Gasteiger partial charge is 0.305 e. The van der Waals surface area contributed by atoms with Gasteiger partial charge in [0.25, 0.3) is 0 Å². The first-order valence-electron chi connectivity index (χ1n) is 7.56. The summed E-state index contributed by atoms with van der Waals surface area (Å²) in [4.78, 5) is 19.5. The molecule has 2 heterocycles. The van der Waals surface area contributed by atoms with Gasteiger partial charge in [0.2, 0.25) is 0 Å². The molecule has 2 atom stereocenters. The Hall–Kier alpha value is -1.10. The standard InChI is InChI=1S/C15H22N2O2S/c1-19-14(18)7-6-12-10-16-15(20-12)17-9-8-11-4-2-3-5-13(11)17/h10-11,13H,2-9H2,1H3. The van der Waals surface area contributed by atoms with E-state index in [0.717, 1.165) is 24.0 Å². The fraction of sp³-hybridized carbons (Fsp3) is 0.733. The van der Waals surface area contributed by atoms with E-state index in [2.05, 4.69) is 14.6 Å². The van der Waals surface area contributed by atoms with Crippen LogP contribution in [0.4, 0.5) is 5.13 Å². The molecule has 0 spiro atoms. The lowest BCUT2D eigenvalue weighted by Crippen LogP contribution is -2.34. The van der Waals surface area contributed by atoms with Gasteiger partial charge in [-0.05, 0) is 31.6 Å². The van der Waals surface area contributed by atoms with E-state index in [4.69, 9.17) is 0 Å². The summed E-state index contributed by atoms with van der Waals surface area (Å²) in [7, 11) is 1.44. The molecule has 1 aliphatic carbocycles. The van der Waals surface area contributed by atoms with Gasteiger partial charge in [0.05, 0.1) is 13.5 Å². The number of anilines is 1. The van der Waals surface area contributed by atoms with Crippen LogP contribution in [0.15, 0.2) is 6.20 Å². The molecule has 4 nitrogen and oxygen atoms in total. The van der Waals surface area contributed by atoms with Crippen LogP contribution in [-0.4, -0.2) is 30.6 Å². The third-order valence-corrected chi connectivity index (χ3v) is 5.69. The fourth-order valence-corrected chi connectivity index (χ4v) is 4.51. The van der Waals surface area contributed by atoms with Crippen LogP contribution in [0.1, 0.15) is 43.4 Å². The molecule has 0 N–H and O–H groups in total. The van der Waals surface area contributed by atoms with Crippen LogP contribution < -0.4 is 4.90 Å². The number of hydrogen-bond acceptors (Lipinski definition) is 5. The maximum atomic E-state index is 11.2. The third kappa shape index (κ3) is 2.82. The van der Waals surface area contributed by atoms with Crippen molar-refractivity contribution in [3.8, 4) is 0 Å². The van der Waals surface area contributed by atoms with Crippen molar-refractivity contribution in [2.75, 3.05) is 18.6 Å². The molecule has 1 saturated heterocycles. The summed E-state index contributed by atoms with van der Waals surface area (Å²) in [6, 6.07) is 0.711. The molecule has 3 rings (SSSR count). The Balaban J connectivity index is 1.63. The molecular weight excluding hydrogens is 272 g/mol. The molecule has 5 heteroatoms. The van der Waals surface area contributed by atoms with Crippen molar-refractivity contribution < 1.29 is 9.53 Å². The van der Waals surface area contributed by atoms with E-state index in [0.29, 0.717) is 12.5 Å². The number of esters is 1. The second-order valence-corrected chi connectivity index (χ2v) is 6.87. The summed E-state index contributed by atoms with van der Waals surface area (Å²) in [5.74, 6) is 0.736. The average Bonchev–Trinajstić information content (AvgIpc) is 3.10. The van der Waals surface area contributed by atoms with E-state index in [1.807, 2.05) is 6.20 Å². The quantitative estimate of drug-likeness (QED) is 0.801. The van der Waals surface area contributed by atoms with Gasteiger partial charge >= 0.3 is 5.97 Å². The molecule has 2 fully saturated rings. The van der Waals surface area contributed by atoms with Gasteiger partial charge in [0.1, 0.15) is 0 Å². The van der Waals surface area contributed by atoms with Crippen LogP contribution in [0.2, 0.25) is 0 Å². The Labute approximate surface area is 124 Å². The minimum atomic E-state index is -0.145. The minimum Gasteiger partial charge on any atom is -0.469 e. The number of nitrogens with zero attached hydrogens (tertiary/aromatic N) is 2. The molecule has 1 aromatic rings. The molecule has 0 radical (unpaired) electrons.